The SMILES string of the molecule is Cc1cc(C)cc(-c2c(-n3c4ccccc4c4cnccc43)c(N3c4cccc(-c5ccccc5)c4C4=C(c5ccccc5)C=CCC43C)nc(-n3c4cccc(-c5ccccc5)c4c4c(-c5ccccc5)cccc43)c2-n2c3ccccc3c3cnccc32)c1. The van der Waals surface area contributed by atoms with Gasteiger partial charge in [0.2, 0.25) is 0 Å². The quantitative estimate of drug-likeness (QED) is 0.145. The molecule has 0 saturated carbocycles. The van der Waals surface area contributed by atoms with E-state index in [4.69, 9.17) is 15.0 Å². The highest BCUT2D eigenvalue weighted by molar-refractivity contribution is 6.22. The molecule has 2 aliphatic rings. The van der Waals surface area contributed by atoms with Crippen LogP contribution in [0.3, 0.4) is 0 Å². The number of hydrogen-bond acceptors (Lipinski definition) is 4. The number of anilines is 2. The molecule has 1 aliphatic heterocycles. The number of para-hydroxylation sites is 2. The van der Waals surface area contributed by atoms with E-state index in [9.17, 15) is 0 Å². The minimum Gasteiger partial charge on any atom is -0.314 e. The summed E-state index contributed by atoms with van der Waals surface area (Å²) in [5, 5.41) is 6.61. The van der Waals surface area contributed by atoms with Crippen molar-refractivity contribution >= 4 is 88.1 Å². The zero-order valence-corrected chi connectivity index (χ0v) is 50.6. The number of rotatable bonds is 9. The van der Waals surface area contributed by atoms with Crippen LogP contribution in [-0.4, -0.2) is 34.2 Å². The Balaban J connectivity index is 1.13. The summed E-state index contributed by atoms with van der Waals surface area (Å²) in [5.74, 6) is 1.59. The van der Waals surface area contributed by atoms with E-state index in [2.05, 4.69) is 306 Å². The lowest BCUT2D eigenvalue weighted by molar-refractivity contribution is 0.602. The number of hydrogen-bond donors (Lipinski definition) is 0. The van der Waals surface area contributed by atoms with E-state index >= 15 is 0 Å². The molecule has 7 heterocycles. The molecule has 7 heteroatoms. The summed E-state index contributed by atoms with van der Waals surface area (Å²) >= 11 is 0. The molecule has 10 aromatic carbocycles. The summed E-state index contributed by atoms with van der Waals surface area (Å²) in [6.45, 7) is 6.94. The number of pyridine rings is 3. The van der Waals surface area contributed by atoms with Crippen molar-refractivity contribution in [3.63, 3.8) is 0 Å². The van der Waals surface area contributed by atoms with Gasteiger partial charge in [0.15, 0.2) is 11.6 Å². The molecule has 430 valence electrons. The number of benzene rings is 10. The summed E-state index contributed by atoms with van der Waals surface area (Å²) in [5.41, 5.74) is 24.6. The zero-order chi connectivity index (χ0) is 60.5. The van der Waals surface area contributed by atoms with Crippen LogP contribution in [0.2, 0.25) is 0 Å². The molecule has 0 saturated heterocycles. The zero-order valence-electron chi connectivity index (χ0n) is 50.6. The molecule has 18 rings (SSSR count). The maximum Gasteiger partial charge on any atom is 0.165 e. The van der Waals surface area contributed by atoms with Crippen molar-refractivity contribution in [3.05, 3.63) is 314 Å². The predicted octanol–water partition coefficient (Wildman–Crippen LogP) is 21.2. The molecule has 0 radical (unpaired) electrons. The third-order valence-electron chi connectivity index (χ3n) is 19.2. The first-order chi connectivity index (χ1) is 44.9. The molecule has 7 nitrogen and oxygen atoms in total. The number of aromatic nitrogens is 6. The maximum absolute atomic E-state index is 6.78. The Morgan fingerprint density at radius 2 is 0.824 bits per heavy atom. The van der Waals surface area contributed by atoms with Crippen LogP contribution in [-0.2, 0) is 0 Å². The Labute approximate surface area is 527 Å². The predicted molar refractivity (Wildman–Crippen MR) is 378 cm³/mol. The normalized spacial score (nSPS) is 14.6. The largest absolute Gasteiger partial charge is 0.314 e. The molecule has 1 aliphatic carbocycles. The van der Waals surface area contributed by atoms with E-state index < -0.39 is 5.54 Å². The van der Waals surface area contributed by atoms with Crippen LogP contribution in [0.25, 0.3) is 138 Å². The van der Waals surface area contributed by atoms with Crippen molar-refractivity contribution in [3.8, 4) is 61.7 Å². The molecule has 6 aromatic heterocycles. The van der Waals surface area contributed by atoms with Gasteiger partial charge in [-0.3, -0.25) is 14.5 Å². The van der Waals surface area contributed by atoms with Gasteiger partial charge in [-0.25, -0.2) is 4.98 Å². The number of fused-ring (bicyclic) bond motifs is 12. The first-order valence-electron chi connectivity index (χ1n) is 31.4. The molecular weight excluding hydrogens is 1110 g/mol. The van der Waals surface area contributed by atoms with E-state index in [1.807, 2.05) is 24.8 Å². The third-order valence-corrected chi connectivity index (χ3v) is 19.2. The van der Waals surface area contributed by atoms with Gasteiger partial charge in [-0.05, 0) is 125 Å². The molecule has 0 bridgehead atoms. The molecule has 0 spiro atoms. The number of aryl methyl sites for hydroxylation is 2. The Morgan fingerprint density at radius 1 is 0.374 bits per heavy atom. The van der Waals surface area contributed by atoms with Gasteiger partial charge in [0, 0.05) is 68.2 Å². The Kier molecular flexibility index (Phi) is 11.8. The van der Waals surface area contributed by atoms with Crippen LogP contribution in [0.1, 0.15) is 35.6 Å². The van der Waals surface area contributed by atoms with E-state index in [0.717, 1.165) is 144 Å². The highest BCUT2D eigenvalue weighted by atomic mass is 15.3. The van der Waals surface area contributed by atoms with Crippen LogP contribution in [0.4, 0.5) is 11.5 Å². The lowest BCUT2D eigenvalue weighted by Gasteiger charge is -2.41. The molecule has 91 heavy (non-hydrogen) atoms. The first kappa shape index (κ1) is 52.5. The van der Waals surface area contributed by atoms with Crippen LogP contribution < -0.4 is 4.90 Å². The summed E-state index contributed by atoms with van der Waals surface area (Å²) < 4.78 is 7.56. The van der Waals surface area contributed by atoms with Crippen molar-refractivity contribution in [1.82, 2.24) is 28.7 Å². The van der Waals surface area contributed by atoms with Gasteiger partial charge in [0.05, 0.1) is 50.0 Å². The summed E-state index contributed by atoms with van der Waals surface area (Å²) in [4.78, 5) is 19.2. The second kappa shape index (κ2) is 20.5. The maximum atomic E-state index is 6.78. The second-order valence-corrected chi connectivity index (χ2v) is 24.6. The van der Waals surface area contributed by atoms with Crippen LogP contribution in [0.5, 0.6) is 0 Å². The van der Waals surface area contributed by atoms with E-state index in [0.29, 0.717) is 6.42 Å². The fourth-order valence-corrected chi connectivity index (χ4v) is 15.6. The minimum atomic E-state index is -0.714. The Morgan fingerprint density at radius 3 is 1.37 bits per heavy atom. The van der Waals surface area contributed by atoms with Crippen molar-refractivity contribution in [2.24, 2.45) is 0 Å². The average molecular weight is 1170 g/mol. The van der Waals surface area contributed by atoms with Crippen molar-refractivity contribution in [2.45, 2.75) is 32.7 Å². The van der Waals surface area contributed by atoms with Gasteiger partial charge in [-0.1, -0.05) is 236 Å². The highest BCUT2D eigenvalue weighted by Crippen LogP contribution is 2.61. The average Bonchev–Trinajstić information content (AvgIpc) is 1.58. The van der Waals surface area contributed by atoms with Gasteiger partial charge in [0.1, 0.15) is 5.69 Å². The van der Waals surface area contributed by atoms with Crippen molar-refractivity contribution in [2.75, 3.05) is 4.90 Å². The monoisotopic (exact) mass is 1170 g/mol. The van der Waals surface area contributed by atoms with E-state index in [1.54, 1.807) is 0 Å². The van der Waals surface area contributed by atoms with Crippen molar-refractivity contribution < 1.29 is 0 Å². The second-order valence-electron chi connectivity index (χ2n) is 24.6. The fraction of sp³-hybridized carbons (Fsp3) is 0.0595. The fourth-order valence-electron chi connectivity index (χ4n) is 15.6. The van der Waals surface area contributed by atoms with Gasteiger partial charge in [-0.2, -0.15) is 0 Å². The Hall–Kier alpha value is -11.7. The number of nitrogens with zero attached hydrogens (tertiary/aromatic N) is 7. The van der Waals surface area contributed by atoms with Crippen LogP contribution >= 0.6 is 0 Å². The molecule has 16 aromatic rings. The molecule has 0 amide bonds. The van der Waals surface area contributed by atoms with Gasteiger partial charge >= 0.3 is 0 Å². The highest BCUT2D eigenvalue weighted by Gasteiger charge is 2.50. The first-order valence-corrected chi connectivity index (χ1v) is 31.4. The molecular formula is C84H59N7. The van der Waals surface area contributed by atoms with Gasteiger partial charge in [-0.15, -0.1) is 0 Å². The molecule has 1 atom stereocenters. The number of allylic oxidation sites excluding steroid dienone is 2. The van der Waals surface area contributed by atoms with Gasteiger partial charge in [0.25, 0.3) is 0 Å². The van der Waals surface area contributed by atoms with E-state index in [-0.39, 0.29) is 0 Å². The molecule has 0 fully saturated rings. The molecule has 1 unspecified atom stereocenters. The van der Waals surface area contributed by atoms with Gasteiger partial charge < -0.3 is 14.0 Å². The molecule has 0 N–H and O–H groups in total. The smallest absolute Gasteiger partial charge is 0.165 e. The van der Waals surface area contributed by atoms with Crippen LogP contribution in [0.15, 0.2) is 292 Å². The summed E-state index contributed by atoms with van der Waals surface area (Å²) in [6, 6.07) is 93.5. The third kappa shape index (κ3) is 7.84. The minimum absolute atomic E-state index is 0.700. The lowest BCUT2D eigenvalue weighted by atomic mass is 9.76. The topological polar surface area (TPSA) is 56.7 Å². The van der Waals surface area contributed by atoms with E-state index in [1.165, 1.54) is 27.8 Å². The lowest BCUT2D eigenvalue weighted by Crippen LogP contribution is -2.42. The Bertz CT molecular complexity index is 5490. The van der Waals surface area contributed by atoms with Crippen molar-refractivity contribution in [1.29, 1.82) is 0 Å². The van der Waals surface area contributed by atoms with Crippen LogP contribution in [0, 0.1) is 13.8 Å². The standard InChI is InChI=1S/C84H59N7/c1-53-48-54(2)50-59(49-53)75-80(88-68-38-18-16-32-64(68)66-51-85-46-43-70(66)88)82(90-72-40-20-34-60(55-24-8-4-9-25-55)76(72)77-61(35-21-41-73(77)90)56-26-10-5-11-27-56)87-83(81(75)89-69-39-19-17-33-65(69)67-52-86-47-44-71(67)89)91-74-42-22-36-62(57-28-12-6-13-29-57)78(74)79-63(37-23-45-84(79,91)3)58-30-14-7-15-31-58/h4-44,46-52H,45H2,1-3H3. The summed E-state index contributed by atoms with van der Waals surface area (Å²) in [6.07, 6.45) is 13.4. The summed E-state index contributed by atoms with van der Waals surface area (Å²) in [7, 11) is 0.